The third-order valence-electron chi connectivity index (χ3n) is 15.0. The molecule has 406 valence electrons. The smallest absolute Gasteiger partial charge is 0.261 e. The SMILES string of the molecule is CC=NOCCCCC(=O)CCCCC(=O)N[C@@H](C)C(=O)C[C@@H](C)C(=O)Nc1cc(COc2cc3c(cc2C)C(=O)N2c4ccccc4C[C@H]2C=N3)cc(COc2cc3c(cc2OC)C(=O)N2c4ccccc4C[C@H]2CC3)c1. The van der Waals surface area contributed by atoms with Gasteiger partial charge >= 0.3 is 0 Å². The molecule has 16 nitrogen and oxygen atoms in total. The number of rotatable bonds is 24. The van der Waals surface area contributed by atoms with Gasteiger partial charge in [-0.15, -0.1) is 0 Å². The molecule has 0 aliphatic carbocycles. The first-order valence-corrected chi connectivity index (χ1v) is 27.1. The molecule has 0 fully saturated rings. The number of ether oxygens (including phenoxy) is 3. The molecule has 9 rings (SSSR count). The number of anilines is 3. The monoisotopic (exact) mass is 1060 g/mol. The van der Waals surface area contributed by atoms with E-state index in [1.165, 1.54) is 5.56 Å². The lowest BCUT2D eigenvalue weighted by molar-refractivity contribution is -0.129. The number of carbonyl (C=O) groups is 6. The summed E-state index contributed by atoms with van der Waals surface area (Å²) in [6.07, 6.45) is 9.79. The molecular weight excluding hydrogens is 989 g/mol. The van der Waals surface area contributed by atoms with Crippen LogP contribution in [0.5, 0.6) is 17.2 Å². The summed E-state index contributed by atoms with van der Waals surface area (Å²) in [7, 11) is 1.54. The average Bonchev–Trinajstić information content (AvgIpc) is 3.99. The third-order valence-corrected chi connectivity index (χ3v) is 15.0. The van der Waals surface area contributed by atoms with Crippen LogP contribution in [0.15, 0.2) is 101 Å². The maximum atomic E-state index is 14.2. The molecule has 0 unspecified atom stereocenters. The van der Waals surface area contributed by atoms with Crippen molar-refractivity contribution in [2.45, 2.75) is 136 Å². The Morgan fingerprint density at radius 2 is 1.42 bits per heavy atom. The Morgan fingerprint density at radius 1 is 0.756 bits per heavy atom. The van der Waals surface area contributed by atoms with Gasteiger partial charge in [0, 0.05) is 85.2 Å². The Bertz CT molecular complexity index is 3170. The number of hydrogen-bond acceptors (Lipinski definition) is 12. The molecule has 5 aromatic carbocycles. The summed E-state index contributed by atoms with van der Waals surface area (Å²) in [5.74, 6) is -0.363. The van der Waals surface area contributed by atoms with Crippen LogP contribution in [-0.4, -0.2) is 79.5 Å². The lowest BCUT2D eigenvalue weighted by Gasteiger charge is -2.23. The van der Waals surface area contributed by atoms with Gasteiger partial charge in [-0.05, 0) is 148 Å². The first kappa shape index (κ1) is 54.6. The quantitative estimate of drug-likeness (QED) is 0.0341. The van der Waals surface area contributed by atoms with E-state index in [0.29, 0.717) is 102 Å². The van der Waals surface area contributed by atoms with Crippen LogP contribution in [0.2, 0.25) is 0 Å². The number of Topliss-reactive ketones (excluding diaryl/α,β-unsaturated/α-hetero) is 2. The second-order valence-electron chi connectivity index (χ2n) is 20.7. The maximum absolute atomic E-state index is 14.2. The molecular formula is C62H68N6O10. The Morgan fingerprint density at radius 3 is 2.15 bits per heavy atom. The van der Waals surface area contributed by atoms with E-state index in [1.807, 2.05) is 83.6 Å². The highest BCUT2D eigenvalue weighted by molar-refractivity contribution is 6.15. The summed E-state index contributed by atoms with van der Waals surface area (Å²) in [5, 5.41) is 9.46. The summed E-state index contributed by atoms with van der Waals surface area (Å²) >= 11 is 0. The van der Waals surface area contributed by atoms with Crippen LogP contribution in [0.3, 0.4) is 0 Å². The molecule has 0 aromatic heterocycles. The van der Waals surface area contributed by atoms with Crippen molar-refractivity contribution >= 4 is 70.4 Å². The normalized spacial score (nSPS) is 16.6. The summed E-state index contributed by atoms with van der Waals surface area (Å²) in [4.78, 5) is 94.1. The van der Waals surface area contributed by atoms with Crippen molar-refractivity contribution in [1.82, 2.24) is 5.32 Å². The Hall–Kier alpha value is -8.14. The molecule has 4 heterocycles. The van der Waals surface area contributed by atoms with Crippen molar-refractivity contribution in [2.24, 2.45) is 16.1 Å². The lowest BCUT2D eigenvalue weighted by atomic mass is 9.99. The van der Waals surface area contributed by atoms with Gasteiger partial charge in [-0.2, -0.15) is 0 Å². The number of nitrogens with zero attached hydrogens (tertiary/aromatic N) is 4. The number of para-hydroxylation sites is 2. The minimum Gasteiger partial charge on any atom is -0.493 e. The van der Waals surface area contributed by atoms with Gasteiger partial charge in [0.1, 0.15) is 31.4 Å². The largest absolute Gasteiger partial charge is 0.493 e. The first-order chi connectivity index (χ1) is 37.8. The van der Waals surface area contributed by atoms with Crippen molar-refractivity contribution in [3.05, 3.63) is 136 Å². The minimum atomic E-state index is -0.816. The second-order valence-corrected chi connectivity index (χ2v) is 20.7. The van der Waals surface area contributed by atoms with E-state index in [2.05, 4.69) is 21.9 Å². The second kappa shape index (κ2) is 24.9. The third kappa shape index (κ3) is 12.6. The molecule has 4 aliphatic rings. The zero-order valence-corrected chi connectivity index (χ0v) is 45.1. The average molecular weight is 1060 g/mol. The van der Waals surface area contributed by atoms with Crippen LogP contribution in [-0.2, 0) is 56.5 Å². The van der Waals surface area contributed by atoms with E-state index in [9.17, 15) is 28.8 Å². The zero-order valence-electron chi connectivity index (χ0n) is 45.1. The van der Waals surface area contributed by atoms with E-state index in [-0.39, 0.29) is 67.4 Å². The van der Waals surface area contributed by atoms with E-state index in [1.54, 1.807) is 58.4 Å². The number of ketones is 2. The molecule has 16 heteroatoms. The fraction of sp³-hybridized carbons (Fsp3) is 0.387. The molecule has 0 spiro atoms. The van der Waals surface area contributed by atoms with E-state index < -0.39 is 17.9 Å². The number of carbonyl (C=O) groups excluding carboxylic acids is 6. The predicted octanol–water partition coefficient (Wildman–Crippen LogP) is 10.3. The molecule has 0 saturated carbocycles. The molecule has 78 heavy (non-hydrogen) atoms. The van der Waals surface area contributed by atoms with Gasteiger partial charge < -0.3 is 34.6 Å². The van der Waals surface area contributed by atoms with Crippen LogP contribution in [0.1, 0.15) is 133 Å². The highest BCUT2D eigenvalue weighted by Gasteiger charge is 2.39. The number of amides is 4. The Balaban J connectivity index is 0.867. The lowest BCUT2D eigenvalue weighted by Crippen LogP contribution is -2.39. The number of aryl methyl sites for hydroxylation is 2. The number of unbranched alkanes of at least 4 members (excludes halogenated alkanes) is 2. The Kier molecular flexibility index (Phi) is 17.4. The standard InChI is InChI=1S/C62H68N6O10/c1-6-64-78-24-14-13-18-49(69)17-9-12-21-59(71)65-40(4)55(70)26-39(3)60(72)66-46-28-41(36-76-56-34-52-51(25-38(56)2)62(74)68-48(35-63-52)31-45-16-8-11-20-54(45)68)27-42(29-46)37-77-58-32-43-22-23-47-30-44-15-7-10-19-53(44)67(47)61(73)50(43)33-57(58)75-5/h6-8,10-11,15-16,19-20,25,27-29,32-35,39-40,47-48H,9,12-14,17-18,21-24,26,30-31,36-37H2,1-5H3,(H,65,71)(H,66,72)/t39-,40+,47-,48+/m1/s1. The van der Waals surface area contributed by atoms with Crippen LogP contribution in [0.25, 0.3) is 0 Å². The molecule has 4 amide bonds. The fourth-order valence-corrected chi connectivity index (χ4v) is 10.8. The summed E-state index contributed by atoms with van der Waals surface area (Å²) < 4.78 is 18.8. The summed E-state index contributed by atoms with van der Waals surface area (Å²) in [6, 6.07) is 27.8. The van der Waals surface area contributed by atoms with Gasteiger partial charge in [0.25, 0.3) is 11.8 Å². The van der Waals surface area contributed by atoms with Gasteiger partial charge in [0.2, 0.25) is 11.8 Å². The van der Waals surface area contributed by atoms with Crippen LogP contribution >= 0.6 is 0 Å². The van der Waals surface area contributed by atoms with E-state index >= 15 is 0 Å². The number of oxime groups is 1. The topological polar surface area (TPSA) is 195 Å². The predicted molar refractivity (Wildman–Crippen MR) is 300 cm³/mol. The van der Waals surface area contributed by atoms with Gasteiger partial charge in [0.15, 0.2) is 17.3 Å². The summed E-state index contributed by atoms with van der Waals surface area (Å²) in [5.41, 5.74) is 9.14. The van der Waals surface area contributed by atoms with Crippen LogP contribution in [0, 0.1) is 12.8 Å². The molecule has 5 aromatic rings. The first-order valence-electron chi connectivity index (χ1n) is 27.1. The number of benzene rings is 5. The van der Waals surface area contributed by atoms with Gasteiger partial charge in [-0.25, -0.2) is 0 Å². The molecule has 0 radical (unpaired) electrons. The molecule has 0 bridgehead atoms. The van der Waals surface area contributed by atoms with Crippen molar-refractivity contribution < 1.29 is 47.8 Å². The van der Waals surface area contributed by atoms with Crippen molar-refractivity contribution in [1.29, 1.82) is 0 Å². The van der Waals surface area contributed by atoms with Crippen molar-refractivity contribution in [3.8, 4) is 17.2 Å². The highest BCUT2D eigenvalue weighted by Crippen LogP contribution is 2.42. The van der Waals surface area contributed by atoms with Gasteiger partial charge in [-0.3, -0.25) is 38.7 Å². The summed E-state index contributed by atoms with van der Waals surface area (Å²) in [6.45, 7) is 7.53. The van der Waals surface area contributed by atoms with Crippen LogP contribution in [0.4, 0.5) is 22.7 Å². The Labute approximate surface area is 455 Å². The molecule has 4 aliphatic heterocycles. The molecule has 0 saturated heterocycles. The zero-order chi connectivity index (χ0) is 54.9. The number of methoxy groups -OCH3 is 1. The van der Waals surface area contributed by atoms with Crippen molar-refractivity contribution in [2.75, 3.05) is 28.8 Å². The minimum absolute atomic E-state index is 0.0564. The van der Waals surface area contributed by atoms with Gasteiger partial charge in [-0.1, -0.05) is 48.5 Å². The van der Waals surface area contributed by atoms with Crippen LogP contribution < -0.4 is 34.6 Å². The number of fused-ring (bicyclic) bond motifs is 8. The number of nitrogens with one attached hydrogen (secondary N) is 2. The van der Waals surface area contributed by atoms with E-state index in [0.717, 1.165) is 47.3 Å². The van der Waals surface area contributed by atoms with E-state index in [4.69, 9.17) is 24.0 Å². The number of aliphatic imine (C=N–C) groups is 1. The number of hydrogen-bond donors (Lipinski definition) is 2. The van der Waals surface area contributed by atoms with Gasteiger partial charge in [0.05, 0.1) is 30.4 Å². The fourth-order valence-electron chi connectivity index (χ4n) is 10.8. The maximum Gasteiger partial charge on any atom is 0.261 e. The van der Waals surface area contributed by atoms with Crippen molar-refractivity contribution in [3.63, 3.8) is 0 Å². The molecule has 4 atom stereocenters. The highest BCUT2D eigenvalue weighted by atomic mass is 16.6. The molecule has 2 N–H and O–H groups in total.